The van der Waals surface area contributed by atoms with Gasteiger partial charge < -0.3 is 14.2 Å². The van der Waals surface area contributed by atoms with Gasteiger partial charge in [0.05, 0.1) is 19.6 Å². The number of ether oxygens (including phenoxy) is 1. The van der Waals surface area contributed by atoms with Gasteiger partial charge in [-0.1, -0.05) is 19.9 Å². The number of pyridine rings is 1. The van der Waals surface area contributed by atoms with E-state index in [4.69, 9.17) is 4.74 Å². The summed E-state index contributed by atoms with van der Waals surface area (Å²) in [5.74, 6) is 1.14. The van der Waals surface area contributed by atoms with Crippen LogP contribution < -0.4 is 4.74 Å². The highest BCUT2D eigenvalue weighted by Crippen LogP contribution is 2.18. The topological polar surface area (TPSA) is 47.4 Å². The fourth-order valence-electron chi connectivity index (χ4n) is 2.88. The molecule has 3 rings (SSSR count). The SMILES string of the molecule is CC(C)CC(=O)N1Cc2cccn2CC(Oc2ccccn2)C1. The van der Waals surface area contributed by atoms with Crippen molar-refractivity contribution in [3.63, 3.8) is 0 Å². The largest absolute Gasteiger partial charge is 0.471 e. The summed E-state index contributed by atoms with van der Waals surface area (Å²) in [6, 6.07) is 9.70. The molecule has 2 aromatic heterocycles. The molecule has 5 heteroatoms. The van der Waals surface area contributed by atoms with Crippen molar-refractivity contribution in [3.8, 4) is 5.88 Å². The summed E-state index contributed by atoms with van der Waals surface area (Å²) in [6.07, 6.45) is 4.22. The summed E-state index contributed by atoms with van der Waals surface area (Å²) in [4.78, 5) is 18.7. The van der Waals surface area contributed by atoms with Crippen LogP contribution in [0.3, 0.4) is 0 Å². The normalized spacial score (nSPS) is 17.7. The second-order valence-electron chi connectivity index (χ2n) is 6.43. The highest BCUT2D eigenvalue weighted by molar-refractivity contribution is 5.76. The zero-order chi connectivity index (χ0) is 16.2. The molecule has 1 unspecified atom stereocenters. The van der Waals surface area contributed by atoms with E-state index in [0.717, 1.165) is 12.2 Å². The fourth-order valence-corrected chi connectivity index (χ4v) is 2.88. The van der Waals surface area contributed by atoms with Gasteiger partial charge in [0, 0.05) is 30.6 Å². The van der Waals surface area contributed by atoms with Gasteiger partial charge in [-0.3, -0.25) is 4.79 Å². The van der Waals surface area contributed by atoms with Crippen LogP contribution >= 0.6 is 0 Å². The van der Waals surface area contributed by atoms with E-state index >= 15 is 0 Å². The molecule has 0 aromatic carbocycles. The third-order valence-corrected chi connectivity index (χ3v) is 3.96. The van der Waals surface area contributed by atoms with Crippen molar-refractivity contribution in [2.45, 2.75) is 39.5 Å². The smallest absolute Gasteiger partial charge is 0.223 e. The van der Waals surface area contributed by atoms with Gasteiger partial charge in [-0.15, -0.1) is 0 Å². The van der Waals surface area contributed by atoms with Crippen molar-refractivity contribution in [1.29, 1.82) is 0 Å². The molecule has 0 spiro atoms. The number of aromatic nitrogens is 2. The lowest BCUT2D eigenvalue weighted by molar-refractivity contribution is -0.133. The predicted molar refractivity (Wildman–Crippen MR) is 88.0 cm³/mol. The van der Waals surface area contributed by atoms with Gasteiger partial charge in [0.25, 0.3) is 0 Å². The van der Waals surface area contributed by atoms with Crippen molar-refractivity contribution in [3.05, 3.63) is 48.4 Å². The number of nitrogens with zero attached hydrogens (tertiary/aromatic N) is 3. The minimum Gasteiger partial charge on any atom is -0.471 e. The van der Waals surface area contributed by atoms with Crippen molar-refractivity contribution in [2.75, 3.05) is 6.54 Å². The molecule has 0 fully saturated rings. The first kappa shape index (κ1) is 15.6. The summed E-state index contributed by atoms with van der Waals surface area (Å²) in [6.45, 7) is 6.09. The molecule has 1 atom stereocenters. The molecule has 1 aliphatic rings. The van der Waals surface area contributed by atoms with E-state index in [0.29, 0.717) is 31.3 Å². The van der Waals surface area contributed by atoms with Crippen LogP contribution in [-0.4, -0.2) is 33.0 Å². The number of amides is 1. The van der Waals surface area contributed by atoms with Crippen LogP contribution in [0.5, 0.6) is 5.88 Å². The zero-order valence-electron chi connectivity index (χ0n) is 13.7. The van der Waals surface area contributed by atoms with Gasteiger partial charge in [-0.2, -0.15) is 0 Å². The predicted octanol–water partition coefficient (Wildman–Crippen LogP) is 2.72. The minimum atomic E-state index is -0.102. The zero-order valence-corrected chi connectivity index (χ0v) is 13.7. The fraction of sp³-hybridized carbons (Fsp3) is 0.444. The Hall–Kier alpha value is -2.30. The lowest BCUT2D eigenvalue weighted by Gasteiger charge is -2.25. The molecule has 122 valence electrons. The quantitative estimate of drug-likeness (QED) is 0.872. The molecule has 0 saturated heterocycles. The van der Waals surface area contributed by atoms with Crippen LogP contribution in [0.15, 0.2) is 42.7 Å². The van der Waals surface area contributed by atoms with Gasteiger partial charge in [0.2, 0.25) is 11.8 Å². The van der Waals surface area contributed by atoms with Crippen molar-refractivity contribution in [1.82, 2.24) is 14.5 Å². The Morgan fingerprint density at radius 2 is 2.17 bits per heavy atom. The molecule has 1 amide bonds. The molecular formula is C18H23N3O2. The van der Waals surface area contributed by atoms with E-state index in [9.17, 15) is 4.79 Å². The molecule has 0 N–H and O–H groups in total. The van der Waals surface area contributed by atoms with Gasteiger partial charge in [0.1, 0.15) is 6.10 Å². The Kier molecular flexibility index (Phi) is 4.65. The molecule has 3 heterocycles. The van der Waals surface area contributed by atoms with Crippen LogP contribution in [0.2, 0.25) is 0 Å². The average molecular weight is 313 g/mol. The Labute approximate surface area is 136 Å². The third-order valence-electron chi connectivity index (χ3n) is 3.96. The Balaban J connectivity index is 1.78. The van der Waals surface area contributed by atoms with E-state index in [1.807, 2.05) is 35.4 Å². The van der Waals surface area contributed by atoms with Crippen LogP contribution in [0.4, 0.5) is 0 Å². The van der Waals surface area contributed by atoms with Crippen LogP contribution in [-0.2, 0) is 17.9 Å². The Morgan fingerprint density at radius 3 is 2.91 bits per heavy atom. The first-order chi connectivity index (χ1) is 11.1. The van der Waals surface area contributed by atoms with E-state index < -0.39 is 0 Å². The van der Waals surface area contributed by atoms with E-state index in [-0.39, 0.29) is 12.0 Å². The molecule has 23 heavy (non-hydrogen) atoms. The maximum absolute atomic E-state index is 12.5. The van der Waals surface area contributed by atoms with Crippen molar-refractivity contribution in [2.24, 2.45) is 5.92 Å². The second kappa shape index (κ2) is 6.86. The highest BCUT2D eigenvalue weighted by Gasteiger charge is 2.26. The first-order valence-corrected chi connectivity index (χ1v) is 8.11. The number of hydrogen-bond acceptors (Lipinski definition) is 3. The number of carbonyl (C=O) groups is 1. The molecule has 2 aromatic rings. The lowest BCUT2D eigenvalue weighted by atomic mass is 10.1. The third kappa shape index (κ3) is 3.92. The minimum absolute atomic E-state index is 0.102. The molecule has 0 bridgehead atoms. The lowest BCUT2D eigenvalue weighted by Crippen LogP contribution is -2.39. The Morgan fingerprint density at radius 1 is 1.30 bits per heavy atom. The average Bonchev–Trinajstić information content (AvgIpc) is 2.86. The summed E-state index contributed by atoms with van der Waals surface area (Å²) in [5.41, 5.74) is 1.15. The number of carbonyl (C=O) groups excluding carboxylic acids is 1. The highest BCUT2D eigenvalue weighted by atomic mass is 16.5. The number of rotatable bonds is 4. The van der Waals surface area contributed by atoms with Gasteiger partial charge in [-0.25, -0.2) is 4.98 Å². The summed E-state index contributed by atoms with van der Waals surface area (Å²) < 4.78 is 8.18. The summed E-state index contributed by atoms with van der Waals surface area (Å²) in [7, 11) is 0. The first-order valence-electron chi connectivity index (χ1n) is 8.11. The molecule has 1 aliphatic heterocycles. The van der Waals surface area contributed by atoms with Gasteiger partial charge in [0.15, 0.2) is 0 Å². The van der Waals surface area contributed by atoms with E-state index in [2.05, 4.69) is 29.5 Å². The summed E-state index contributed by atoms with van der Waals surface area (Å²) in [5, 5.41) is 0. The van der Waals surface area contributed by atoms with E-state index in [1.54, 1.807) is 6.20 Å². The number of fused-ring (bicyclic) bond motifs is 1. The van der Waals surface area contributed by atoms with Crippen LogP contribution in [0, 0.1) is 5.92 Å². The van der Waals surface area contributed by atoms with Gasteiger partial charge >= 0.3 is 0 Å². The Bertz CT molecular complexity index is 651. The maximum Gasteiger partial charge on any atom is 0.223 e. The van der Waals surface area contributed by atoms with Gasteiger partial charge in [-0.05, 0) is 24.1 Å². The monoisotopic (exact) mass is 313 g/mol. The molecule has 5 nitrogen and oxygen atoms in total. The van der Waals surface area contributed by atoms with Crippen LogP contribution in [0.25, 0.3) is 0 Å². The maximum atomic E-state index is 12.5. The molecule has 0 radical (unpaired) electrons. The van der Waals surface area contributed by atoms with Crippen molar-refractivity contribution < 1.29 is 9.53 Å². The second-order valence-corrected chi connectivity index (χ2v) is 6.43. The molecule has 0 saturated carbocycles. The molecular weight excluding hydrogens is 290 g/mol. The molecule has 0 aliphatic carbocycles. The van der Waals surface area contributed by atoms with Crippen LogP contribution in [0.1, 0.15) is 26.0 Å². The van der Waals surface area contributed by atoms with E-state index in [1.165, 1.54) is 0 Å². The summed E-state index contributed by atoms with van der Waals surface area (Å²) >= 11 is 0. The van der Waals surface area contributed by atoms with Crippen molar-refractivity contribution >= 4 is 5.91 Å². The number of hydrogen-bond donors (Lipinski definition) is 0. The standard InChI is InChI=1S/C18H23N3O2/c1-14(2)10-18(22)21-11-15-6-5-9-20(15)12-16(13-21)23-17-7-3-4-8-19-17/h3-9,14,16H,10-13H2,1-2H3.